The molecular formula is C31H31F3N5O4+. The first-order chi connectivity index (χ1) is 20.7. The standard InChI is InChI=1S/C31H30F3N5O4/c1-3-20-22(33)6-5-16-9-19(41)10-21(23(16)20)26-25(34)27-24-28(38(2)18(13-40)14-42-29(24)35-26)37-30(36-27)43-15-31-7-4-8-39(31)12-17(32)11-31/h5-6,8-10,17-18,40H,3-4,7,11-15H2,1-2H3/p+1/t17-,18-,31?/m1/s1. The minimum absolute atomic E-state index is 0.0220. The number of ether oxygens (including phenoxy) is 2. The van der Waals surface area contributed by atoms with E-state index in [-0.39, 0.29) is 65.4 Å². The summed E-state index contributed by atoms with van der Waals surface area (Å²) in [5.41, 5.74) is -0.314. The molecule has 0 aliphatic carbocycles. The number of aliphatic hydroxyl groups is 1. The Hall–Kier alpha value is -4.19. The second kappa shape index (κ2) is 10.2. The number of aromatic nitrogens is 3. The lowest BCUT2D eigenvalue weighted by Gasteiger charge is -2.25. The molecule has 1 saturated heterocycles. The van der Waals surface area contributed by atoms with Crippen LogP contribution in [0.1, 0.15) is 31.7 Å². The number of likely N-dealkylation sites (N-methyl/N-ethyl adjacent to an activating group) is 1. The first kappa shape index (κ1) is 27.6. The molecule has 2 aromatic heterocycles. The van der Waals surface area contributed by atoms with E-state index >= 15 is 4.39 Å². The predicted octanol–water partition coefficient (Wildman–Crippen LogP) is 4.32. The first-order valence-corrected chi connectivity index (χ1v) is 14.4. The largest absolute Gasteiger partial charge is 0.508 e. The number of fused-ring (bicyclic) bond motifs is 2. The molecule has 3 aliphatic heterocycles. The van der Waals surface area contributed by atoms with Gasteiger partial charge in [-0.05, 0) is 41.0 Å². The smallest absolute Gasteiger partial charge is 0.319 e. The number of aryl methyl sites for hydroxylation is 1. The predicted molar refractivity (Wildman–Crippen MR) is 154 cm³/mol. The van der Waals surface area contributed by atoms with Gasteiger partial charge in [0.1, 0.15) is 46.8 Å². The van der Waals surface area contributed by atoms with Gasteiger partial charge in [0.15, 0.2) is 30.7 Å². The summed E-state index contributed by atoms with van der Waals surface area (Å²) in [6.45, 7) is 1.96. The van der Waals surface area contributed by atoms with Crippen LogP contribution in [0, 0.1) is 11.6 Å². The van der Waals surface area contributed by atoms with Gasteiger partial charge in [-0.25, -0.2) is 22.7 Å². The Morgan fingerprint density at radius 1 is 1.19 bits per heavy atom. The maximum atomic E-state index is 16.7. The zero-order valence-electron chi connectivity index (χ0n) is 23.8. The van der Waals surface area contributed by atoms with Crippen molar-refractivity contribution in [1.82, 2.24) is 15.0 Å². The van der Waals surface area contributed by atoms with E-state index in [9.17, 15) is 19.0 Å². The van der Waals surface area contributed by atoms with Gasteiger partial charge in [0, 0.05) is 25.5 Å². The van der Waals surface area contributed by atoms with Crippen molar-refractivity contribution in [3.63, 3.8) is 0 Å². The van der Waals surface area contributed by atoms with E-state index in [1.54, 1.807) is 18.9 Å². The van der Waals surface area contributed by atoms with Gasteiger partial charge in [0.25, 0.3) is 0 Å². The van der Waals surface area contributed by atoms with E-state index in [0.717, 1.165) is 12.8 Å². The van der Waals surface area contributed by atoms with Crippen molar-refractivity contribution in [1.29, 1.82) is 0 Å². The number of alkyl halides is 1. The van der Waals surface area contributed by atoms with E-state index in [2.05, 4.69) is 15.0 Å². The summed E-state index contributed by atoms with van der Waals surface area (Å²) in [7, 11) is 1.70. The van der Waals surface area contributed by atoms with E-state index < -0.39 is 29.4 Å². The molecule has 1 unspecified atom stereocenters. The molecule has 1 fully saturated rings. The molecule has 0 radical (unpaired) electrons. The zero-order valence-corrected chi connectivity index (χ0v) is 23.8. The van der Waals surface area contributed by atoms with Crippen molar-refractivity contribution >= 4 is 33.7 Å². The van der Waals surface area contributed by atoms with Crippen LogP contribution in [0.25, 0.3) is 32.9 Å². The van der Waals surface area contributed by atoms with Gasteiger partial charge < -0.3 is 24.6 Å². The molecule has 5 heterocycles. The Morgan fingerprint density at radius 3 is 2.81 bits per heavy atom. The van der Waals surface area contributed by atoms with Gasteiger partial charge in [0.05, 0.1) is 19.1 Å². The third kappa shape index (κ3) is 4.33. The molecule has 9 nitrogen and oxygen atoms in total. The zero-order chi connectivity index (χ0) is 30.0. The summed E-state index contributed by atoms with van der Waals surface area (Å²) < 4.78 is 60.1. The SMILES string of the molecule is CCc1c(F)ccc2cc(O)cc(-c3nc4c5c(nc(OCC67CCC=[N+]6C[C@H](F)C7)nc5c3F)N(C)[C@H](CO)CO4)c12. The van der Waals surface area contributed by atoms with Crippen LogP contribution in [-0.2, 0) is 6.42 Å². The molecule has 224 valence electrons. The Kier molecular flexibility index (Phi) is 6.57. The number of hydrogen-bond donors (Lipinski definition) is 2. The van der Waals surface area contributed by atoms with E-state index in [1.165, 1.54) is 24.3 Å². The number of aromatic hydroxyl groups is 1. The summed E-state index contributed by atoms with van der Waals surface area (Å²) in [5, 5.41) is 21.8. The fraction of sp³-hybridized carbons (Fsp3) is 0.419. The molecule has 12 heteroatoms. The number of anilines is 1. The lowest BCUT2D eigenvalue weighted by atomic mass is 9.94. The number of phenolic OH excluding ortho intramolecular Hbond substituents is 1. The van der Waals surface area contributed by atoms with Crippen LogP contribution in [0.15, 0.2) is 24.3 Å². The van der Waals surface area contributed by atoms with Gasteiger partial charge >= 0.3 is 6.01 Å². The molecule has 43 heavy (non-hydrogen) atoms. The third-order valence-electron chi connectivity index (χ3n) is 9.01. The van der Waals surface area contributed by atoms with Crippen LogP contribution in [-0.4, -0.2) is 87.1 Å². The lowest BCUT2D eigenvalue weighted by molar-refractivity contribution is -0.578. The number of rotatable bonds is 6. The Bertz CT molecular complexity index is 1820. The average molecular weight is 595 g/mol. The highest BCUT2D eigenvalue weighted by atomic mass is 19.1. The van der Waals surface area contributed by atoms with Gasteiger partial charge in [-0.15, -0.1) is 0 Å². The molecule has 3 aliphatic rings. The van der Waals surface area contributed by atoms with Gasteiger partial charge in [-0.1, -0.05) is 13.0 Å². The second-order valence-corrected chi connectivity index (χ2v) is 11.6. The van der Waals surface area contributed by atoms with Gasteiger partial charge in [0.2, 0.25) is 5.88 Å². The van der Waals surface area contributed by atoms with Gasteiger partial charge in [-0.3, -0.25) is 0 Å². The first-order valence-electron chi connectivity index (χ1n) is 14.4. The number of hydrogen-bond acceptors (Lipinski definition) is 8. The van der Waals surface area contributed by atoms with Crippen molar-refractivity contribution < 1.29 is 37.4 Å². The molecule has 0 spiro atoms. The quantitative estimate of drug-likeness (QED) is 0.319. The maximum Gasteiger partial charge on any atom is 0.319 e. The second-order valence-electron chi connectivity index (χ2n) is 11.6. The molecule has 0 amide bonds. The Balaban J connectivity index is 1.43. The van der Waals surface area contributed by atoms with Crippen LogP contribution < -0.4 is 14.4 Å². The van der Waals surface area contributed by atoms with Crippen molar-refractivity contribution in [2.45, 2.75) is 50.4 Å². The molecule has 7 rings (SSSR count). The minimum atomic E-state index is -0.973. The molecular weight excluding hydrogens is 563 g/mol. The molecule has 0 bridgehead atoms. The molecule has 2 aromatic carbocycles. The topological polar surface area (TPSA) is 104 Å². The van der Waals surface area contributed by atoms with Gasteiger partial charge in [-0.2, -0.15) is 9.97 Å². The monoisotopic (exact) mass is 594 g/mol. The summed E-state index contributed by atoms with van der Waals surface area (Å²) in [4.78, 5) is 15.3. The fourth-order valence-corrected chi connectivity index (χ4v) is 6.79. The lowest BCUT2D eigenvalue weighted by Crippen LogP contribution is -2.40. The normalized spacial score (nSPS) is 22.9. The summed E-state index contributed by atoms with van der Waals surface area (Å²) >= 11 is 0. The highest BCUT2D eigenvalue weighted by molar-refractivity contribution is 6.03. The summed E-state index contributed by atoms with van der Waals surface area (Å²) in [5.74, 6) is -1.13. The number of phenols is 1. The van der Waals surface area contributed by atoms with Crippen LogP contribution in [0.2, 0.25) is 0 Å². The van der Waals surface area contributed by atoms with E-state index in [1.807, 2.05) is 10.8 Å². The summed E-state index contributed by atoms with van der Waals surface area (Å²) in [6.07, 6.45) is 3.19. The van der Waals surface area contributed by atoms with Crippen molar-refractivity contribution in [3.05, 3.63) is 41.5 Å². The Morgan fingerprint density at radius 2 is 2.02 bits per heavy atom. The van der Waals surface area contributed by atoms with E-state index in [4.69, 9.17) is 9.47 Å². The highest BCUT2D eigenvalue weighted by Gasteiger charge is 2.54. The van der Waals surface area contributed by atoms with Crippen molar-refractivity contribution in [2.24, 2.45) is 0 Å². The number of nitrogens with zero attached hydrogens (tertiary/aromatic N) is 5. The Labute approximate surface area is 245 Å². The number of aliphatic hydroxyl groups excluding tert-OH is 1. The summed E-state index contributed by atoms with van der Waals surface area (Å²) in [6, 6.07) is 5.04. The fourth-order valence-electron chi connectivity index (χ4n) is 6.79. The molecule has 4 aromatic rings. The van der Waals surface area contributed by atoms with Crippen LogP contribution in [0.5, 0.6) is 17.6 Å². The van der Waals surface area contributed by atoms with Crippen molar-refractivity contribution in [2.75, 3.05) is 38.3 Å². The number of pyridine rings is 1. The third-order valence-corrected chi connectivity index (χ3v) is 9.01. The number of halogens is 3. The van der Waals surface area contributed by atoms with Crippen LogP contribution in [0.3, 0.4) is 0 Å². The van der Waals surface area contributed by atoms with Crippen LogP contribution in [0.4, 0.5) is 19.0 Å². The van der Waals surface area contributed by atoms with Crippen molar-refractivity contribution in [3.8, 4) is 28.9 Å². The number of benzene rings is 2. The van der Waals surface area contributed by atoms with Crippen LogP contribution >= 0.6 is 0 Å². The average Bonchev–Trinajstić information content (AvgIpc) is 3.48. The molecule has 0 saturated carbocycles. The minimum Gasteiger partial charge on any atom is -0.508 e. The van der Waals surface area contributed by atoms with E-state index in [0.29, 0.717) is 35.7 Å². The highest BCUT2D eigenvalue weighted by Crippen LogP contribution is 2.43. The molecule has 3 atom stereocenters. The molecule has 2 N–H and O–H groups in total. The maximum absolute atomic E-state index is 16.7.